The van der Waals surface area contributed by atoms with Crippen LogP contribution in [-0.4, -0.2) is 71.1 Å². The molecular weight excluding hydrogens is 684 g/mol. The minimum Gasteiger partial charge on any atom is -0.454 e. The van der Waals surface area contributed by atoms with Crippen LogP contribution in [0, 0.1) is 17.6 Å². The summed E-state index contributed by atoms with van der Waals surface area (Å²) in [4.78, 5) is 50.6. The molecule has 2 fully saturated rings. The number of nitrogens with one attached hydrogen (secondary N) is 2. The van der Waals surface area contributed by atoms with E-state index in [9.17, 15) is 27.2 Å². The molecule has 1 unspecified atom stereocenters. The number of pyridine rings is 2. The predicted octanol–water partition coefficient (Wildman–Crippen LogP) is 5.90. The Morgan fingerprint density at radius 3 is 2.33 bits per heavy atom. The lowest BCUT2D eigenvalue weighted by Gasteiger charge is -2.39. The molecule has 6 rings (SSSR count). The van der Waals surface area contributed by atoms with E-state index in [-0.39, 0.29) is 40.4 Å². The zero-order valence-electron chi connectivity index (χ0n) is 27.8. The highest BCUT2D eigenvalue weighted by molar-refractivity contribution is 7.89. The van der Waals surface area contributed by atoms with Gasteiger partial charge in [-0.3, -0.25) is 9.59 Å². The first-order valence-corrected chi connectivity index (χ1v) is 17.7. The zero-order chi connectivity index (χ0) is 36.3. The maximum Gasteiger partial charge on any atom is 0.331 e. The third-order valence-corrected chi connectivity index (χ3v) is 10.3. The molecule has 0 bridgehead atoms. The summed E-state index contributed by atoms with van der Waals surface area (Å²) in [5.74, 6) is -3.54. The summed E-state index contributed by atoms with van der Waals surface area (Å²) < 4.78 is 61.8. The standard InChI is InChI=1S/C35H35F2N7O6S/c1-22(2)43-21-28(34(46)44(35(43)47)25-9-6-23(36)7-10-25)33(45)40-24-8-12-30(29(37)18-24)50-26-14-15-38-32(19-26)41-31-13-11-27(20-39-31)51(48,49)42-16-4-3-5-17-42/h6-15,18-20,22,28H,3-5,16-17,21H2,1-2H3,(H,40,45)(H,38,39,41). The van der Waals surface area contributed by atoms with Crippen molar-refractivity contribution in [3.05, 3.63) is 90.8 Å². The third kappa shape index (κ3) is 7.81. The molecule has 16 heteroatoms. The summed E-state index contributed by atoms with van der Waals surface area (Å²) in [7, 11) is -3.63. The van der Waals surface area contributed by atoms with Gasteiger partial charge in [0.1, 0.15) is 34.0 Å². The number of sulfonamides is 1. The molecule has 2 aliphatic rings. The van der Waals surface area contributed by atoms with Gasteiger partial charge in [-0.2, -0.15) is 4.31 Å². The van der Waals surface area contributed by atoms with E-state index in [4.69, 9.17) is 4.74 Å². The van der Waals surface area contributed by atoms with Crippen molar-refractivity contribution < 1.29 is 36.3 Å². The summed E-state index contributed by atoms with van der Waals surface area (Å²) in [6.45, 7) is 4.25. The molecule has 2 aliphatic heterocycles. The van der Waals surface area contributed by atoms with E-state index in [0.29, 0.717) is 24.7 Å². The van der Waals surface area contributed by atoms with Crippen LogP contribution in [0.1, 0.15) is 33.1 Å². The molecule has 0 radical (unpaired) electrons. The van der Waals surface area contributed by atoms with Crippen LogP contribution in [-0.2, 0) is 19.6 Å². The van der Waals surface area contributed by atoms with E-state index in [1.54, 1.807) is 13.8 Å². The molecule has 0 saturated carbocycles. The van der Waals surface area contributed by atoms with Crippen molar-refractivity contribution in [2.45, 2.75) is 44.0 Å². The van der Waals surface area contributed by atoms with E-state index < -0.39 is 45.4 Å². The van der Waals surface area contributed by atoms with E-state index in [1.165, 1.54) is 70.1 Å². The number of halogens is 2. The molecule has 2 aromatic heterocycles. The number of urea groups is 1. The van der Waals surface area contributed by atoms with Crippen LogP contribution in [0.25, 0.3) is 0 Å². The molecule has 4 aromatic rings. The van der Waals surface area contributed by atoms with Crippen LogP contribution in [0.5, 0.6) is 11.5 Å². The van der Waals surface area contributed by atoms with Crippen molar-refractivity contribution >= 4 is 50.9 Å². The van der Waals surface area contributed by atoms with Gasteiger partial charge in [0, 0.05) is 55.9 Å². The molecule has 266 valence electrons. The van der Waals surface area contributed by atoms with Gasteiger partial charge in [-0.25, -0.2) is 36.9 Å². The molecule has 0 aliphatic carbocycles. The highest BCUT2D eigenvalue weighted by atomic mass is 32.2. The molecule has 51 heavy (non-hydrogen) atoms. The Bertz CT molecular complexity index is 2040. The van der Waals surface area contributed by atoms with E-state index in [1.807, 2.05) is 0 Å². The highest BCUT2D eigenvalue weighted by Crippen LogP contribution is 2.30. The monoisotopic (exact) mass is 719 g/mol. The van der Waals surface area contributed by atoms with Gasteiger partial charge in [0.25, 0.3) is 0 Å². The Balaban J connectivity index is 1.11. The van der Waals surface area contributed by atoms with E-state index in [0.717, 1.165) is 42.4 Å². The van der Waals surface area contributed by atoms with Gasteiger partial charge in [-0.15, -0.1) is 0 Å². The quantitative estimate of drug-likeness (QED) is 0.191. The van der Waals surface area contributed by atoms with Gasteiger partial charge in [-0.1, -0.05) is 6.42 Å². The first-order chi connectivity index (χ1) is 24.4. The fourth-order valence-electron chi connectivity index (χ4n) is 5.74. The molecular formula is C35H35F2N7O6S. The van der Waals surface area contributed by atoms with Crippen LogP contribution in [0.15, 0.2) is 84.0 Å². The Hall–Kier alpha value is -5.48. The highest BCUT2D eigenvalue weighted by Gasteiger charge is 2.44. The molecule has 4 amide bonds. The second kappa shape index (κ2) is 14.8. The van der Waals surface area contributed by atoms with Crippen molar-refractivity contribution in [3.8, 4) is 11.5 Å². The molecule has 4 heterocycles. The van der Waals surface area contributed by atoms with Gasteiger partial charge >= 0.3 is 6.03 Å². The molecule has 1 atom stereocenters. The summed E-state index contributed by atoms with van der Waals surface area (Å²) in [5, 5.41) is 5.52. The summed E-state index contributed by atoms with van der Waals surface area (Å²) >= 11 is 0. The van der Waals surface area contributed by atoms with Crippen molar-refractivity contribution in [1.29, 1.82) is 0 Å². The first kappa shape index (κ1) is 35.3. The van der Waals surface area contributed by atoms with Gasteiger partial charge in [0.05, 0.1) is 5.69 Å². The topological polar surface area (TPSA) is 154 Å². The molecule has 2 N–H and O–H groups in total. The van der Waals surface area contributed by atoms with Crippen LogP contribution < -0.4 is 20.3 Å². The van der Waals surface area contributed by atoms with Crippen LogP contribution in [0.4, 0.5) is 36.6 Å². The van der Waals surface area contributed by atoms with Gasteiger partial charge < -0.3 is 20.3 Å². The number of rotatable bonds is 10. The number of nitrogens with zero attached hydrogens (tertiary/aromatic N) is 5. The second-order valence-electron chi connectivity index (χ2n) is 12.3. The fourth-order valence-corrected chi connectivity index (χ4v) is 7.20. The second-order valence-corrected chi connectivity index (χ2v) is 14.3. The number of aromatic nitrogens is 2. The number of ether oxygens (including phenoxy) is 1. The van der Waals surface area contributed by atoms with E-state index >= 15 is 4.39 Å². The number of hydrogen-bond donors (Lipinski definition) is 2. The minimum atomic E-state index is -3.63. The van der Waals surface area contributed by atoms with Crippen molar-refractivity contribution in [1.82, 2.24) is 19.2 Å². The number of benzene rings is 2. The Kier molecular flexibility index (Phi) is 10.2. The molecule has 2 aromatic carbocycles. The van der Waals surface area contributed by atoms with E-state index in [2.05, 4.69) is 20.6 Å². The summed E-state index contributed by atoms with van der Waals surface area (Å²) in [6, 6.07) is 13.5. The van der Waals surface area contributed by atoms with Gasteiger partial charge in [-0.05, 0) is 81.3 Å². The summed E-state index contributed by atoms with van der Waals surface area (Å²) in [6.07, 6.45) is 5.37. The van der Waals surface area contributed by atoms with Crippen LogP contribution in [0.2, 0.25) is 0 Å². The Morgan fingerprint density at radius 2 is 1.67 bits per heavy atom. The molecule has 0 spiro atoms. The largest absolute Gasteiger partial charge is 0.454 e. The number of carbonyl (C=O) groups excluding carboxylic acids is 3. The zero-order valence-corrected chi connectivity index (χ0v) is 28.6. The lowest BCUT2D eigenvalue weighted by molar-refractivity contribution is -0.132. The summed E-state index contributed by atoms with van der Waals surface area (Å²) in [5.41, 5.74) is 0.164. The first-order valence-electron chi connectivity index (χ1n) is 16.3. The molecule has 13 nitrogen and oxygen atoms in total. The molecule has 2 saturated heterocycles. The number of amides is 4. The predicted molar refractivity (Wildman–Crippen MR) is 184 cm³/mol. The smallest absolute Gasteiger partial charge is 0.331 e. The maximum atomic E-state index is 15.2. The maximum absolute atomic E-state index is 15.2. The normalized spacial score (nSPS) is 17.1. The number of imide groups is 1. The number of carbonyl (C=O) groups is 3. The number of anilines is 4. The Morgan fingerprint density at radius 1 is 0.922 bits per heavy atom. The average Bonchev–Trinajstić information content (AvgIpc) is 3.11. The lowest BCUT2D eigenvalue weighted by atomic mass is 10.0. The average molecular weight is 720 g/mol. The van der Waals surface area contributed by atoms with Crippen LogP contribution in [0.3, 0.4) is 0 Å². The van der Waals surface area contributed by atoms with Gasteiger partial charge in [0.2, 0.25) is 21.8 Å². The van der Waals surface area contributed by atoms with Gasteiger partial charge in [0.15, 0.2) is 11.6 Å². The Labute approximate surface area is 293 Å². The fraction of sp³-hybridized carbons (Fsp3) is 0.286. The van der Waals surface area contributed by atoms with Crippen molar-refractivity contribution in [2.75, 3.05) is 35.2 Å². The van der Waals surface area contributed by atoms with Crippen molar-refractivity contribution in [3.63, 3.8) is 0 Å². The minimum absolute atomic E-state index is 0.0490. The number of piperidine rings is 1. The number of hydrogen-bond acceptors (Lipinski definition) is 9. The van der Waals surface area contributed by atoms with Crippen molar-refractivity contribution in [2.24, 2.45) is 5.92 Å². The van der Waals surface area contributed by atoms with Crippen LogP contribution >= 0.6 is 0 Å². The third-order valence-electron chi connectivity index (χ3n) is 8.46. The lowest BCUT2D eigenvalue weighted by Crippen LogP contribution is -2.61. The SMILES string of the molecule is CC(C)N1CC(C(=O)Nc2ccc(Oc3ccnc(Nc4ccc(S(=O)(=O)N5CCCCC5)cn4)c3)c(F)c2)C(=O)N(c2ccc(F)cc2)C1=O.